The number of alkyl halides is 3. The van der Waals surface area contributed by atoms with Crippen LogP contribution in [0.15, 0.2) is 48.5 Å². The summed E-state index contributed by atoms with van der Waals surface area (Å²) >= 11 is 0. The zero-order chi connectivity index (χ0) is 21.5. The molecule has 0 saturated heterocycles. The van der Waals surface area contributed by atoms with Gasteiger partial charge in [0, 0.05) is 12.1 Å². The van der Waals surface area contributed by atoms with E-state index in [9.17, 15) is 18.3 Å². The zero-order valence-corrected chi connectivity index (χ0v) is 15.6. The molecule has 0 aliphatic heterocycles. The molecule has 6 nitrogen and oxygen atoms in total. The Kier molecular flexibility index (Phi) is 4.62. The molecule has 0 aliphatic rings. The Bertz CT molecular complexity index is 1290. The molecule has 4 rings (SSSR count). The number of rotatable bonds is 3. The molecule has 0 bridgehead atoms. The third-order valence-electron chi connectivity index (χ3n) is 4.58. The highest BCUT2D eigenvalue weighted by Gasteiger charge is 2.30. The van der Waals surface area contributed by atoms with E-state index in [4.69, 9.17) is 5.26 Å². The van der Waals surface area contributed by atoms with Crippen molar-refractivity contribution in [3.63, 3.8) is 0 Å². The van der Waals surface area contributed by atoms with Crippen LogP contribution < -0.4 is 0 Å². The molecule has 4 aromatic rings. The lowest BCUT2D eigenvalue weighted by Crippen LogP contribution is -2.06. The number of halogens is 3. The lowest BCUT2D eigenvalue weighted by Gasteiger charge is -2.12. The van der Waals surface area contributed by atoms with E-state index in [1.807, 2.05) is 31.2 Å². The van der Waals surface area contributed by atoms with Crippen molar-refractivity contribution in [3.05, 3.63) is 71.0 Å². The van der Waals surface area contributed by atoms with E-state index in [0.717, 1.165) is 23.3 Å². The second kappa shape index (κ2) is 7.15. The Morgan fingerprint density at radius 3 is 2.43 bits per heavy atom. The van der Waals surface area contributed by atoms with Gasteiger partial charge in [-0.05, 0) is 30.7 Å². The standard InChI is InChI=1S/C21H14F3N5O/c1-12-3-2-4-14(9-12)19-28-18-17(20(30)27-16(10-25)26-18)29(19)11-13-5-7-15(8-6-13)21(22,23)24/h2-9H,11H2,1H3,(H,26,27,30). The summed E-state index contributed by atoms with van der Waals surface area (Å²) in [5.74, 6) is -0.196. The van der Waals surface area contributed by atoms with Gasteiger partial charge in [-0.1, -0.05) is 35.9 Å². The van der Waals surface area contributed by atoms with Crippen LogP contribution in [0.3, 0.4) is 0 Å². The number of aromatic hydroxyl groups is 1. The van der Waals surface area contributed by atoms with Gasteiger partial charge < -0.3 is 9.67 Å². The van der Waals surface area contributed by atoms with Crippen LogP contribution in [0.2, 0.25) is 0 Å². The fourth-order valence-corrected chi connectivity index (χ4v) is 3.21. The van der Waals surface area contributed by atoms with Crippen molar-refractivity contribution in [1.29, 1.82) is 5.26 Å². The minimum Gasteiger partial charge on any atom is -0.492 e. The summed E-state index contributed by atoms with van der Waals surface area (Å²) in [4.78, 5) is 12.3. The van der Waals surface area contributed by atoms with Crippen molar-refractivity contribution in [2.24, 2.45) is 0 Å². The van der Waals surface area contributed by atoms with Gasteiger partial charge in [0.15, 0.2) is 11.2 Å². The summed E-state index contributed by atoms with van der Waals surface area (Å²) in [7, 11) is 0. The van der Waals surface area contributed by atoms with E-state index in [-0.39, 0.29) is 23.5 Å². The average Bonchev–Trinajstić information content (AvgIpc) is 3.06. The Hall–Kier alpha value is -3.93. The fraction of sp³-hybridized carbons (Fsp3) is 0.143. The fourth-order valence-electron chi connectivity index (χ4n) is 3.21. The van der Waals surface area contributed by atoms with Crippen molar-refractivity contribution in [1.82, 2.24) is 19.5 Å². The maximum Gasteiger partial charge on any atom is 0.416 e. The maximum atomic E-state index is 12.9. The number of aromatic nitrogens is 4. The molecule has 0 spiro atoms. The normalized spacial score (nSPS) is 11.6. The van der Waals surface area contributed by atoms with Crippen molar-refractivity contribution in [3.8, 4) is 23.3 Å². The molecule has 150 valence electrons. The number of imidazole rings is 1. The van der Waals surface area contributed by atoms with Gasteiger partial charge in [0.2, 0.25) is 11.7 Å². The van der Waals surface area contributed by atoms with Gasteiger partial charge in [-0.15, -0.1) is 0 Å². The largest absolute Gasteiger partial charge is 0.492 e. The highest BCUT2D eigenvalue weighted by Crippen LogP contribution is 2.32. The SMILES string of the molecule is Cc1cccc(-c2nc3nc(C#N)nc(O)c3n2Cc2ccc(C(F)(F)F)cc2)c1. The highest BCUT2D eigenvalue weighted by molar-refractivity contribution is 5.82. The number of nitriles is 1. The maximum absolute atomic E-state index is 12.9. The molecule has 1 N–H and O–H groups in total. The zero-order valence-electron chi connectivity index (χ0n) is 15.6. The third kappa shape index (κ3) is 3.55. The van der Waals surface area contributed by atoms with Gasteiger partial charge >= 0.3 is 6.18 Å². The molecule has 0 saturated carbocycles. The van der Waals surface area contributed by atoms with Crippen molar-refractivity contribution >= 4 is 11.2 Å². The first-order valence-corrected chi connectivity index (χ1v) is 8.87. The van der Waals surface area contributed by atoms with Gasteiger partial charge in [-0.25, -0.2) is 4.98 Å². The van der Waals surface area contributed by atoms with E-state index in [0.29, 0.717) is 11.4 Å². The van der Waals surface area contributed by atoms with Crippen LogP contribution in [-0.4, -0.2) is 24.6 Å². The summed E-state index contributed by atoms with van der Waals surface area (Å²) in [5.41, 5.74) is 1.87. The van der Waals surface area contributed by atoms with Crippen molar-refractivity contribution in [2.45, 2.75) is 19.6 Å². The summed E-state index contributed by atoms with van der Waals surface area (Å²) < 4.78 is 40.2. The average molecular weight is 409 g/mol. The highest BCUT2D eigenvalue weighted by atomic mass is 19.4. The van der Waals surface area contributed by atoms with E-state index in [1.54, 1.807) is 10.6 Å². The van der Waals surface area contributed by atoms with Gasteiger partial charge in [0.25, 0.3) is 0 Å². The van der Waals surface area contributed by atoms with Gasteiger partial charge in [-0.2, -0.15) is 28.4 Å². The molecule has 9 heteroatoms. The Morgan fingerprint density at radius 1 is 1.07 bits per heavy atom. The molecule has 0 unspecified atom stereocenters. The number of nitrogens with zero attached hydrogens (tertiary/aromatic N) is 5. The molecule has 0 atom stereocenters. The van der Waals surface area contributed by atoms with Crippen LogP contribution in [0.1, 0.15) is 22.5 Å². The lowest BCUT2D eigenvalue weighted by molar-refractivity contribution is -0.137. The van der Waals surface area contributed by atoms with Crippen LogP contribution in [0.5, 0.6) is 5.88 Å². The molecule has 30 heavy (non-hydrogen) atoms. The number of fused-ring (bicyclic) bond motifs is 1. The first-order chi connectivity index (χ1) is 14.3. The van der Waals surface area contributed by atoms with E-state index in [2.05, 4.69) is 15.0 Å². The smallest absolute Gasteiger partial charge is 0.416 e. The number of benzene rings is 2. The van der Waals surface area contributed by atoms with Gasteiger partial charge in [0.1, 0.15) is 11.9 Å². The van der Waals surface area contributed by atoms with Crippen LogP contribution in [0, 0.1) is 18.3 Å². The second-order valence-corrected chi connectivity index (χ2v) is 6.74. The Balaban J connectivity index is 1.88. The summed E-state index contributed by atoms with van der Waals surface area (Å²) in [6, 6.07) is 14.0. The predicted molar refractivity (Wildman–Crippen MR) is 102 cm³/mol. The molecular formula is C21H14F3N5O. The molecule has 0 amide bonds. The molecule has 0 aliphatic carbocycles. The lowest BCUT2D eigenvalue weighted by atomic mass is 10.1. The minimum atomic E-state index is -4.42. The van der Waals surface area contributed by atoms with Crippen LogP contribution >= 0.6 is 0 Å². The molecule has 2 aromatic carbocycles. The molecular weight excluding hydrogens is 395 g/mol. The van der Waals surface area contributed by atoms with Gasteiger partial charge in [-0.3, -0.25) is 0 Å². The van der Waals surface area contributed by atoms with Crippen molar-refractivity contribution < 1.29 is 18.3 Å². The minimum absolute atomic E-state index is 0.126. The topological polar surface area (TPSA) is 87.6 Å². The molecule has 0 radical (unpaired) electrons. The van der Waals surface area contributed by atoms with E-state index >= 15 is 0 Å². The Morgan fingerprint density at radius 2 is 1.80 bits per heavy atom. The number of hydrogen-bond acceptors (Lipinski definition) is 5. The van der Waals surface area contributed by atoms with Crippen LogP contribution in [-0.2, 0) is 12.7 Å². The predicted octanol–water partition coefficient (Wildman–Crippen LogP) is 4.45. The quantitative estimate of drug-likeness (QED) is 0.540. The first-order valence-electron chi connectivity index (χ1n) is 8.87. The van der Waals surface area contributed by atoms with E-state index < -0.39 is 17.6 Å². The third-order valence-corrected chi connectivity index (χ3v) is 4.58. The van der Waals surface area contributed by atoms with Gasteiger partial charge in [0.05, 0.1) is 5.56 Å². The summed E-state index contributed by atoms with van der Waals surface area (Å²) in [6.07, 6.45) is -4.42. The van der Waals surface area contributed by atoms with Crippen molar-refractivity contribution in [2.75, 3.05) is 0 Å². The summed E-state index contributed by atoms with van der Waals surface area (Å²) in [6.45, 7) is 2.04. The molecule has 2 aromatic heterocycles. The second-order valence-electron chi connectivity index (χ2n) is 6.74. The molecule has 0 fully saturated rings. The van der Waals surface area contributed by atoms with Crippen LogP contribution in [0.25, 0.3) is 22.6 Å². The first kappa shape index (κ1) is 19.4. The number of aryl methyl sites for hydroxylation is 1. The molecule has 2 heterocycles. The van der Waals surface area contributed by atoms with Crippen LogP contribution in [0.4, 0.5) is 13.2 Å². The number of hydrogen-bond donors (Lipinski definition) is 1. The monoisotopic (exact) mass is 409 g/mol. The Labute approximate surface area is 168 Å². The summed E-state index contributed by atoms with van der Waals surface area (Å²) in [5, 5.41) is 19.5. The van der Waals surface area contributed by atoms with E-state index in [1.165, 1.54) is 12.1 Å².